The molecule has 14 heteroatoms. The number of nitrogens with zero attached hydrogens (tertiary/aromatic N) is 4. The van der Waals surface area contributed by atoms with Crippen molar-refractivity contribution in [1.29, 1.82) is 0 Å². The Labute approximate surface area is 214 Å². The van der Waals surface area contributed by atoms with Gasteiger partial charge in [-0.2, -0.15) is 4.98 Å². The van der Waals surface area contributed by atoms with Gasteiger partial charge in [0.1, 0.15) is 17.4 Å². The Morgan fingerprint density at radius 3 is 2.49 bits per heavy atom. The average Bonchev–Trinajstić information content (AvgIpc) is 3.27. The van der Waals surface area contributed by atoms with Crippen LogP contribution < -0.4 is 15.2 Å². The zero-order valence-corrected chi connectivity index (χ0v) is 21.5. The highest BCUT2D eigenvalue weighted by molar-refractivity contribution is 7.92. The van der Waals surface area contributed by atoms with Crippen molar-refractivity contribution in [2.24, 2.45) is 5.14 Å². The monoisotopic (exact) mass is 543 g/mol. The quantitative estimate of drug-likeness (QED) is 0.317. The van der Waals surface area contributed by atoms with E-state index in [4.69, 9.17) is 9.88 Å². The minimum atomic E-state index is -3.89. The van der Waals surface area contributed by atoms with Crippen LogP contribution in [0.15, 0.2) is 59.8 Å². The molecule has 0 radical (unpaired) electrons. The minimum Gasteiger partial charge on any atom is -0.358 e. The van der Waals surface area contributed by atoms with Crippen molar-refractivity contribution in [3.63, 3.8) is 0 Å². The van der Waals surface area contributed by atoms with E-state index in [1.165, 1.54) is 12.1 Å². The fourth-order valence-electron chi connectivity index (χ4n) is 4.12. The zero-order chi connectivity index (χ0) is 26.2. The average molecular weight is 544 g/mol. The molecule has 2 aromatic carbocycles. The number of imidazole rings is 1. The van der Waals surface area contributed by atoms with Crippen molar-refractivity contribution in [2.45, 2.75) is 30.4 Å². The highest BCUT2D eigenvalue weighted by Crippen LogP contribution is 2.32. The molecule has 12 nitrogen and oxygen atoms in total. The normalized spacial score (nSPS) is 16.5. The third kappa shape index (κ3) is 5.72. The Balaban J connectivity index is 1.60. The molecule has 1 saturated heterocycles. The molecule has 0 amide bonds. The van der Waals surface area contributed by atoms with Crippen LogP contribution in [0, 0.1) is 0 Å². The number of ether oxygens (including phenoxy) is 1. The van der Waals surface area contributed by atoms with Crippen LogP contribution in [-0.2, 0) is 24.8 Å². The van der Waals surface area contributed by atoms with Gasteiger partial charge in [0.2, 0.25) is 26.0 Å². The highest BCUT2D eigenvalue weighted by Gasteiger charge is 2.22. The molecule has 0 bridgehead atoms. The second-order valence-electron chi connectivity index (χ2n) is 8.69. The molecule has 0 aliphatic carbocycles. The van der Waals surface area contributed by atoms with Gasteiger partial charge in [-0.1, -0.05) is 18.2 Å². The number of sulfonamides is 2. The Morgan fingerprint density at radius 1 is 1.03 bits per heavy atom. The number of aromatic nitrogens is 4. The van der Waals surface area contributed by atoms with Crippen LogP contribution in [0.2, 0.25) is 0 Å². The van der Waals surface area contributed by atoms with Crippen molar-refractivity contribution in [3.8, 4) is 11.3 Å². The number of fused-ring (bicyclic) bond motifs is 1. The molecule has 5 rings (SSSR count). The second kappa shape index (κ2) is 9.70. The van der Waals surface area contributed by atoms with E-state index >= 15 is 0 Å². The first kappa shape index (κ1) is 25.1. The minimum absolute atomic E-state index is 0.0478. The Morgan fingerprint density at radius 2 is 1.81 bits per heavy atom. The lowest BCUT2D eigenvalue weighted by Gasteiger charge is -2.24. The lowest BCUT2D eigenvalue weighted by molar-refractivity contribution is -0.0298. The zero-order valence-electron chi connectivity index (χ0n) is 19.8. The summed E-state index contributed by atoms with van der Waals surface area (Å²) >= 11 is 0. The number of anilines is 3. The van der Waals surface area contributed by atoms with Gasteiger partial charge in [-0.05, 0) is 49.6 Å². The maximum Gasteiger partial charge on any atom is 0.238 e. The first-order valence-electron chi connectivity index (χ1n) is 11.4. The molecule has 1 aliphatic rings. The summed E-state index contributed by atoms with van der Waals surface area (Å²) in [6.07, 6.45) is 5.35. The van der Waals surface area contributed by atoms with Gasteiger partial charge in [0, 0.05) is 23.5 Å². The molecule has 37 heavy (non-hydrogen) atoms. The maximum absolute atomic E-state index is 11.8. The van der Waals surface area contributed by atoms with Crippen LogP contribution in [0.1, 0.15) is 25.5 Å². The summed E-state index contributed by atoms with van der Waals surface area (Å²) in [6, 6.07) is 12.8. The van der Waals surface area contributed by atoms with Crippen LogP contribution in [0.3, 0.4) is 0 Å². The van der Waals surface area contributed by atoms with E-state index in [0.29, 0.717) is 40.4 Å². The van der Waals surface area contributed by atoms with Crippen molar-refractivity contribution >= 4 is 48.5 Å². The van der Waals surface area contributed by atoms with Gasteiger partial charge < -0.3 is 10.1 Å². The first-order chi connectivity index (χ1) is 17.6. The predicted molar refractivity (Wildman–Crippen MR) is 139 cm³/mol. The summed E-state index contributed by atoms with van der Waals surface area (Å²) in [7, 11) is -7.31. The molecule has 1 unspecified atom stereocenters. The van der Waals surface area contributed by atoms with Crippen LogP contribution in [0.25, 0.3) is 22.4 Å². The third-order valence-electron chi connectivity index (χ3n) is 5.77. The van der Waals surface area contributed by atoms with Gasteiger partial charge in [0.05, 0.1) is 17.5 Å². The molecule has 194 valence electrons. The smallest absolute Gasteiger partial charge is 0.238 e. The molecule has 2 aromatic heterocycles. The molecular formula is C23H25N7O5S2. The molecular weight excluding hydrogens is 518 g/mol. The van der Waals surface area contributed by atoms with Gasteiger partial charge in [0.25, 0.3) is 0 Å². The van der Waals surface area contributed by atoms with E-state index in [0.717, 1.165) is 25.5 Å². The largest absolute Gasteiger partial charge is 0.358 e. The summed E-state index contributed by atoms with van der Waals surface area (Å²) in [5.41, 5.74) is 3.13. The van der Waals surface area contributed by atoms with E-state index in [-0.39, 0.29) is 17.1 Å². The summed E-state index contributed by atoms with van der Waals surface area (Å²) in [5.74, 6) is 0.213. The van der Waals surface area contributed by atoms with Crippen molar-refractivity contribution in [3.05, 3.63) is 54.9 Å². The van der Waals surface area contributed by atoms with Gasteiger partial charge in [0.15, 0.2) is 5.65 Å². The lowest BCUT2D eigenvalue weighted by Crippen LogP contribution is -2.18. The van der Waals surface area contributed by atoms with Crippen LogP contribution in [-0.4, -0.2) is 49.2 Å². The summed E-state index contributed by atoms with van der Waals surface area (Å²) in [4.78, 5) is 13.9. The van der Waals surface area contributed by atoms with Crippen molar-refractivity contribution in [2.75, 3.05) is 22.9 Å². The molecule has 1 aliphatic heterocycles. The summed E-state index contributed by atoms with van der Waals surface area (Å²) in [5, 5.41) is 8.34. The number of hydrogen-bond acceptors (Lipinski definition) is 9. The van der Waals surface area contributed by atoms with Crippen molar-refractivity contribution in [1.82, 2.24) is 19.5 Å². The third-order valence-corrected chi connectivity index (χ3v) is 7.29. The molecule has 1 atom stereocenters. The van der Waals surface area contributed by atoms with E-state index in [2.05, 4.69) is 25.0 Å². The highest BCUT2D eigenvalue weighted by atomic mass is 32.2. The molecule has 3 heterocycles. The Kier molecular flexibility index (Phi) is 6.58. The molecule has 4 N–H and O–H groups in total. The molecule has 1 fully saturated rings. The Hall–Kier alpha value is -3.59. The standard InChI is InChI=1S/C23H25N7O5S2/c1-36(31,32)29-16-10-8-15(9-11-16)20-21-22(30(14-25-21)19-7-2-3-12-35-19)28-23(27-20)26-17-5-4-6-18(13-17)37(24,33)34/h4-6,8-11,13-14,19,29H,2-3,7,12H2,1H3,(H2,24,33,34)(H,26,27,28). The van der Waals surface area contributed by atoms with Crippen molar-refractivity contribution < 1.29 is 21.6 Å². The number of hydrogen-bond donors (Lipinski definition) is 3. The molecule has 4 aromatic rings. The maximum atomic E-state index is 11.8. The van der Waals surface area contributed by atoms with Gasteiger partial charge in [-0.25, -0.2) is 31.9 Å². The summed E-state index contributed by atoms with van der Waals surface area (Å²) < 4.78 is 57.0. The molecule has 0 saturated carbocycles. The van der Waals surface area contributed by atoms with Gasteiger partial charge in [-0.15, -0.1) is 0 Å². The van der Waals surface area contributed by atoms with Gasteiger partial charge >= 0.3 is 0 Å². The number of rotatable bonds is 7. The van der Waals surface area contributed by atoms with E-state index in [1.54, 1.807) is 42.7 Å². The van der Waals surface area contributed by atoms with Gasteiger partial charge in [-0.3, -0.25) is 9.29 Å². The number of benzene rings is 2. The van der Waals surface area contributed by atoms with Crippen LogP contribution in [0.5, 0.6) is 0 Å². The second-order valence-corrected chi connectivity index (χ2v) is 12.0. The van der Waals surface area contributed by atoms with E-state index < -0.39 is 20.0 Å². The number of nitrogens with one attached hydrogen (secondary N) is 2. The first-order valence-corrected chi connectivity index (χ1v) is 14.8. The SMILES string of the molecule is CS(=O)(=O)Nc1ccc(-c2nc(Nc3cccc(S(N)(=O)=O)c3)nc3c2ncn3C2CCCCO2)cc1. The fourth-order valence-corrected chi connectivity index (χ4v) is 5.24. The predicted octanol–water partition coefficient (Wildman–Crippen LogP) is 2.95. The Bertz CT molecular complexity index is 1660. The van der Waals surface area contributed by atoms with Crippen LogP contribution >= 0.6 is 0 Å². The lowest BCUT2D eigenvalue weighted by atomic mass is 10.1. The van der Waals surface area contributed by atoms with Crippen LogP contribution in [0.4, 0.5) is 17.3 Å². The van der Waals surface area contributed by atoms with E-state index in [9.17, 15) is 16.8 Å². The number of primary sulfonamides is 1. The fraction of sp³-hybridized carbons (Fsp3) is 0.261. The topological polar surface area (TPSA) is 171 Å². The summed E-state index contributed by atoms with van der Waals surface area (Å²) in [6.45, 7) is 0.641. The number of nitrogens with two attached hydrogens (primary N) is 1. The molecule has 0 spiro atoms. The van der Waals surface area contributed by atoms with E-state index in [1.807, 2.05) is 4.57 Å².